The standard InChI is InChI=1S/C14H20ClF/c1-3-12(4-2)13(10-15)9-11-5-7-14(16)8-6-11/h5-8,12-13H,3-4,9-10H2,1-2H3. The molecule has 2 heteroatoms. The second-order valence-electron chi connectivity index (χ2n) is 4.32. The number of halogens is 2. The Balaban J connectivity index is 2.65. The topological polar surface area (TPSA) is 0 Å². The lowest BCUT2D eigenvalue weighted by molar-refractivity contribution is 0.339. The summed E-state index contributed by atoms with van der Waals surface area (Å²) in [6.45, 7) is 4.41. The molecule has 0 N–H and O–H groups in total. The Morgan fingerprint density at radius 3 is 2.06 bits per heavy atom. The van der Waals surface area contributed by atoms with Crippen molar-refractivity contribution in [1.82, 2.24) is 0 Å². The van der Waals surface area contributed by atoms with E-state index in [4.69, 9.17) is 11.6 Å². The molecular weight excluding hydrogens is 223 g/mol. The summed E-state index contributed by atoms with van der Waals surface area (Å²) in [7, 11) is 0. The van der Waals surface area contributed by atoms with E-state index in [1.165, 1.54) is 17.7 Å². The van der Waals surface area contributed by atoms with Crippen molar-refractivity contribution in [3.8, 4) is 0 Å². The Kier molecular flexibility index (Phi) is 5.83. The van der Waals surface area contributed by atoms with E-state index in [1.807, 2.05) is 12.1 Å². The molecule has 16 heavy (non-hydrogen) atoms. The molecule has 1 aromatic rings. The van der Waals surface area contributed by atoms with Crippen LogP contribution in [-0.2, 0) is 6.42 Å². The van der Waals surface area contributed by atoms with Crippen LogP contribution in [0.2, 0.25) is 0 Å². The van der Waals surface area contributed by atoms with Crippen LogP contribution in [0, 0.1) is 17.7 Å². The van der Waals surface area contributed by atoms with Gasteiger partial charge in [0.1, 0.15) is 5.82 Å². The molecule has 0 aliphatic carbocycles. The molecule has 0 heterocycles. The van der Waals surface area contributed by atoms with Crippen LogP contribution in [-0.4, -0.2) is 5.88 Å². The molecule has 1 unspecified atom stereocenters. The molecule has 1 aromatic carbocycles. The van der Waals surface area contributed by atoms with E-state index < -0.39 is 0 Å². The molecule has 0 fully saturated rings. The number of hydrogen-bond acceptors (Lipinski definition) is 0. The van der Waals surface area contributed by atoms with Crippen molar-refractivity contribution in [2.45, 2.75) is 33.1 Å². The van der Waals surface area contributed by atoms with Crippen LogP contribution in [0.1, 0.15) is 32.3 Å². The van der Waals surface area contributed by atoms with Gasteiger partial charge in [-0.15, -0.1) is 11.6 Å². The van der Waals surface area contributed by atoms with Crippen LogP contribution in [0.5, 0.6) is 0 Å². The number of benzene rings is 1. The largest absolute Gasteiger partial charge is 0.207 e. The number of hydrogen-bond donors (Lipinski definition) is 0. The van der Waals surface area contributed by atoms with E-state index >= 15 is 0 Å². The second-order valence-corrected chi connectivity index (χ2v) is 4.63. The van der Waals surface area contributed by atoms with Gasteiger partial charge in [-0.05, 0) is 36.0 Å². The normalized spacial score (nSPS) is 13.1. The molecule has 1 rings (SSSR count). The van der Waals surface area contributed by atoms with Gasteiger partial charge in [-0.1, -0.05) is 38.8 Å². The fourth-order valence-corrected chi connectivity index (χ4v) is 2.59. The van der Waals surface area contributed by atoms with Crippen LogP contribution in [0.3, 0.4) is 0 Å². The van der Waals surface area contributed by atoms with E-state index in [2.05, 4.69) is 13.8 Å². The van der Waals surface area contributed by atoms with Gasteiger partial charge >= 0.3 is 0 Å². The third kappa shape index (κ3) is 3.79. The maximum absolute atomic E-state index is 12.8. The lowest BCUT2D eigenvalue weighted by Gasteiger charge is -2.23. The van der Waals surface area contributed by atoms with Gasteiger partial charge < -0.3 is 0 Å². The Morgan fingerprint density at radius 1 is 1.06 bits per heavy atom. The van der Waals surface area contributed by atoms with Crippen LogP contribution in [0.25, 0.3) is 0 Å². The summed E-state index contributed by atoms with van der Waals surface area (Å²) in [6.07, 6.45) is 3.28. The zero-order valence-electron chi connectivity index (χ0n) is 10.0. The Bertz CT molecular complexity index is 290. The van der Waals surface area contributed by atoms with E-state index in [1.54, 1.807) is 0 Å². The maximum Gasteiger partial charge on any atom is 0.123 e. The van der Waals surface area contributed by atoms with E-state index in [9.17, 15) is 4.39 Å². The highest BCUT2D eigenvalue weighted by molar-refractivity contribution is 6.18. The molecule has 0 aromatic heterocycles. The molecule has 0 aliphatic rings. The molecule has 0 nitrogen and oxygen atoms in total. The van der Waals surface area contributed by atoms with Gasteiger partial charge in [-0.2, -0.15) is 0 Å². The zero-order chi connectivity index (χ0) is 12.0. The highest BCUT2D eigenvalue weighted by Gasteiger charge is 2.17. The van der Waals surface area contributed by atoms with Crippen LogP contribution in [0.4, 0.5) is 4.39 Å². The van der Waals surface area contributed by atoms with Gasteiger partial charge in [0, 0.05) is 5.88 Å². The fourth-order valence-electron chi connectivity index (χ4n) is 2.23. The predicted octanol–water partition coefficient (Wildman–Crippen LogP) is 4.66. The van der Waals surface area contributed by atoms with Gasteiger partial charge in [0.15, 0.2) is 0 Å². The molecular formula is C14H20ClF. The molecule has 0 saturated heterocycles. The van der Waals surface area contributed by atoms with E-state index in [0.29, 0.717) is 17.7 Å². The van der Waals surface area contributed by atoms with Crippen molar-refractivity contribution in [2.24, 2.45) is 11.8 Å². The average Bonchev–Trinajstić information content (AvgIpc) is 2.32. The molecule has 1 atom stereocenters. The molecule has 0 bridgehead atoms. The molecule has 0 spiro atoms. The molecule has 0 saturated carbocycles. The predicted molar refractivity (Wildman–Crippen MR) is 68.4 cm³/mol. The van der Waals surface area contributed by atoms with Gasteiger partial charge in [-0.3, -0.25) is 0 Å². The summed E-state index contributed by atoms with van der Waals surface area (Å²) in [6, 6.07) is 6.76. The summed E-state index contributed by atoms with van der Waals surface area (Å²) < 4.78 is 12.8. The monoisotopic (exact) mass is 242 g/mol. The maximum atomic E-state index is 12.8. The average molecular weight is 243 g/mol. The summed E-state index contributed by atoms with van der Waals surface area (Å²) in [5.74, 6) is 1.68. The summed E-state index contributed by atoms with van der Waals surface area (Å²) >= 11 is 6.03. The van der Waals surface area contributed by atoms with Crippen LogP contribution >= 0.6 is 11.6 Å². The third-order valence-corrected chi connectivity index (χ3v) is 3.72. The van der Waals surface area contributed by atoms with Crippen LogP contribution < -0.4 is 0 Å². The van der Waals surface area contributed by atoms with Gasteiger partial charge in [-0.25, -0.2) is 4.39 Å². The Labute approximate surface area is 103 Å². The number of rotatable bonds is 6. The van der Waals surface area contributed by atoms with Gasteiger partial charge in [0.05, 0.1) is 0 Å². The lowest BCUT2D eigenvalue weighted by Crippen LogP contribution is -2.17. The fraction of sp³-hybridized carbons (Fsp3) is 0.571. The third-order valence-electron chi connectivity index (χ3n) is 3.32. The van der Waals surface area contributed by atoms with Crippen molar-refractivity contribution in [1.29, 1.82) is 0 Å². The van der Waals surface area contributed by atoms with Crippen molar-refractivity contribution >= 4 is 11.6 Å². The Morgan fingerprint density at radius 2 is 1.62 bits per heavy atom. The highest BCUT2D eigenvalue weighted by atomic mass is 35.5. The smallest absolute Gasteiger partial charge is 0.123 e. The Hall–Kier alpha value is -0.560. The highest BCUT2D eigenvalue weighted by Crippen LogP contribution is 2.24. The minimum absolute atomic E-state index is 0.172. The quantitative estimate of drug-likeness (QED) is 0.637. The summed E-state index contributed by atoms with van der Waals surface area (Å²) in [4.78, 5) is 0. The van der Waals surface area contributed by atoms with Crippen molar-refractivity contribution < 1.29 is 4.39 Å². The van der Waals surface area contributed by atoms with Crippen molar-refractivity contribution in [3.05, 3.63) is 35.6 Å². The zero-order valence-corrected chi connectivity index (χ0v) is 10.8. The molecule has 90 valence electrons. The first-order valence-corrected chi connectivity index (χ1v) is 6.55. The minimum atomic E-state index is -0.172. The van der Waals surface area contributed by atoms with Gasteiger partial charge in [0.25, 0.3) is 0 Å². The SMILES string of the molecule is CCC(CC)C(CCl)Cc1ccc(F)cc1. The van der Waals surface area contributed by atoms with Crippen LogP contribution in [0.15, 0.2) is 24.3 Å². The van der Waals surface area contributed by atoms with E-state index in [-0.39, 0.29) is 5.82 Å². The van der Waals surface area contributed by atoms with Crippen molar-refractivity contribution in [2.75, 3.05) is 5.88 Å². The number of alkyl halides is 1. The molecule has 0 amide bonds. The first-order chi connectivity index (χ1) is 7.71. The summed E-state index contributed by atoms with van der Waals surface area (Å²) in [5.41, 5.74) is 1.18. The molecule has 0 aliphatic heterocycles. The van der Waals surface area contributed by atoms with Crippen molar-refractivity contribution in [3.63, 3.8) is 0 Å². The first kappa shape index (κ1) is 13.5. The minimum Gasteiger partial charge on any atom is -0.207 e. The second kappa shape index (κ2) is 6.90. The first-order valence-electron chi connectivity index (χ1n) is 6.01. The molecule has 0 radical (unpaired) electrons. The summed E-state index contributed by atoms with van der Waals surface area (Å²) in [5, 5.41) is 0. The lowest BCUT2D eigenvalue weighted by atomic mass is 9.85. The van der Waals surface area contributed by atoms with E-state index in [0.717, 1.165) is 19.3 Å². The van der Waals surface area contributed by atoms with Gasteiger partial charge in [0.2, 0.25) is 0 Å².